The van der Waals surface area contributed by atoms with Gasteiger partial charge < -0.3 is 10.0 Å². The highest BCUT2D eigenvalue weighted by molar-refractivity contribution is 6.30. The molecule has 1 aromatic rings. The van der Waals surface area contributed by atoms with Crippen molar-refractivity contribution in [3.8, 4) is 0 Å². The third-order valence-electron chi connectivity index (χ3n) is 6.12. The van der Waals surface area contributed by atoms with Gasteiger partial charge in [-0.25, -0.2) is 5.43 Å². The molecule has 134 valence electrons. The molecular formula is C18H22ClN3O3. The average molecular weight is 364 g/mol. The summed E-state index contributed by atoms with van der Waals surface area (Å²) in [6.45, 7) is 1.42. The van der Waals surface area contributed by atoms with Crippen LogP contribution < -0.4 is 10.9 Å². The number of nitrogens with one attached hydrogen (secondary N) is 2. The van der Waals surface area contributed by atoms with E-state index in [1.54, 1.807) is 4.90 Å². The highest BCUT2D eigenvalue weighted by Gasteiger charge is 2.56. The molecule has 1 aliphatic carbocycles. The number of carbonyl (C=O) groups excluding carboxylic acids is 1. The zero-order valence-corrected chi connectivity index (χ0v) is 14.6. The van der Waals surface area contributed by atoms with Gasteiger partial charge >= 0.3 is 5.97 Å². The van der Waals surface area contributed by atoms with Gasteiger partial charge in [0.25, 0.3) is 0 Å². The first-order valence-electron chi connectivity index (χ1n) is 8.77. The third-order valence-corrected chi connectivity index (χ3v) is 6.35. The maximum atomic E-state index is 13.1. The maximum Gasteiger partial charge on any atom is 0.311 e. The van der Waals surface area contributed by atoms with Gasteiger partial charge in [0, 0.05) is 24.7 Å². The normalized spacial score (nSPS) is 34.3. The number of amides is 1. The zero-order chi connectivity index (χ0) is 17.6. The molecule has 6 nitrogen and oxygen atoms in total. The lowest BCUT2D eigenvalue weighted by Crippen LogP contribution is -2.41. The first-order valence-corrected chi connectivity index (χ1v) is 9.15. The van der Waals surface area contributed by atoms with Crippen LogP contribution in [0.1, 0.15) is 30.9 Å². The standard InChI is InChI=1S/C18H22ClN3O3/c19-13-5-1-3-11(7-13)15-14(8-20-21-15)16(23)22-9-12-4-2-6-18(12,10-22)17(24)25/h1,3,5,7,12,14-15,20-21H,2,4,6,8-10H2,(H,24,25)/t12-,14?,15?,18+/m0/s1. The molecule has 3 N–H and O–H groups in total. The van der Waals surface area contributed by atoms with Crippen molar-refractivity contribution in [3.63, 3.8) is 0 Å². The molecule has 25 heavy (non-hydrogen) atoms. The molecule has 7 heteroatoms. The second-order valence-electron chi connectivity index (χ2n) is 7.43. The van der Waals surface area contributed by atoms with Crippen LogP contribution in [0.25, 0.3) is 0 Å². The van der Waals surface area contributed by atoms with Crippen molar-refractivity contribution >= 4 is 23.5 Å². The number of carboxylic acids is 1. The van der Waals surface area contributed by atoms with Crippen molar-refractivity contribution in [2.24, 2.45) is 17.3 Å². The summed E-state index contributed by atoms with van der Waals surface area (Å²) >= 11 is 6.09. The second-order valence-corrected chi connectivity index (χ2v) is 7.87. The van der Waals surface area contributed by atoms with Crippen LogP contribution in [0.5, 0.6) is 0 Å². The second kappa shape index (κ2) is 6.27. The summed E-state index contributed by atoms with van der Waals surface area (Å²) in [6, 6.07) is 7.34. The molecule has 2 saturated heterocycles. The average Bonchev–Trinajstić information content (AvgIpc) is 3.28. The third kappa shape index (κ3) is 2.72. The molecule has 0 spiro atoms. The van der Waals surface area contributed by atoms with Gasteiger partial charge in [0.05, 0.1) is 17.4 Å². The van der Waals surface area contributed by atoms with E-state index in [-0.39, 0.29) is 23.8 Å². The summed E-state index contributed by atoms with van der Waals surface area (Å²) in [5.41, 5.74) is 6.46. The number of hydrazine groups is 1. The number of hydrogen-bond acceptors (Lipinski definition) is 4. The van der Waals surface area contributed by atoms with Crippen molar-refractivity contribution in [2.75, 3.05) is 19.6 Å². The Morgan fingerprint density at radius 1 is 1.36 bits per heavy atom. The monoisotopic (exact) mass is 363 g/mol. The Balaban J connectivity index is 1.54. The molecule has 0 bridgehead atoms. The molecule has 1 saturated carbocycles. The van der Waals surface area contributed by atoms with Gasteiger partial charge in [-0.1, -0.05) is 30.2 Å². The van der Waals surface area contributed by atoms with Gasteiger partial charge in [0.2, 0.25) is 5.91 Å². The van der Waals surface area contributed by atoms with E-state index in [0.29, 0.717) is 31.1 Å². The molecule has 3 aliphatic rings. The van der Waals surface area contributed by atoms with Crippen LogP contribution in [0, 0.1) is 17.3 Å². The lowest BCUT2D eigenvalue weighted by atomic mass is 9.81. The fourth-order valence-electron chi connectivity index (χ4n) is 4.78. The van der Waals surface area contributed by atoms with Crippen LogP contribution in [0.2, 0.25) is 5.02 Å². The summed E-state index contributed by atoms with van der Waals surface area (Å²) in [7, 11) is 0. The van der Waals surface area contributed by atoms with Crippen LogP contribution in [0.15, 0.2) is 24.3 Å². The fraction of sp³-hybridized carbons (Fsp3) is 0.556. The SMILES string of the molecule is O=C(C1CNNC1c1cccc(Cl)c1)N1C[C@@H]2CCC[C@@]2(C(=O)O)C1. The van der Waals surface area contributed by atoms with E-state index in [1.807, 2.05) is 24.3 Å². The fourth-order valence-corrected chi connectivity index (χ4v) is 4.98. The Morgan fingerprint density at radius 2 is 2.20 bits per heavy atom. The summed E-state index contributed by atoms with van der Waals surface area (Å²) in [6.07, 6.45) is 2.52. The molecule has 2 unspecified atom stereocenters. The van der Waals surface area contributed by atoms with E-state index in [0.717, 1.165) is 18.4 Å². The van der Waals surface area contributed by atoms with Gasteiger partial charge in [-0.2, -0.15) is 0 Å². The van der Waals surface area contributed by atoms with Crippen LogP contribution in [0.4, 0.5) is 0 Å². The summed E-state index contributed by atoms with van der Waals surface area (Å²) < 4.78 is 0. The van der Waals surface area contributed by atoms with Gasteiger partial charge in [0.1, 0.15) is 0 Å². The minimum Gasteiger partial charge on any atom is -0.481 e. The largest absolute Gasteiger partial charge is 0.481 e. The van der Waals surface area contributed by atoms with E-state index in [2.05, 4.69) is 10.9 Å². The first kappa shape index (κ1) is 16.8. The predicted molar refractivity (Wildman–Crippen MR) is 92.8 cm³/mol. The molecule has 0 aromatic heterocycles. The van der Waals surface area contributed by atoms with E-state index in [4.69, 9.17) is 11.6 Å². The maximum absolute atomic E-state index is 13.1. The lowest BCUT2D eigenvalue weighted by Gasteiger charge is -2.26. The predicted octanol–water partition coefficient (Wildman–Crippen LogP) is 1.82. The molecule has 1 amide bonds. The van der Waals surface area contributed by atoms with E-state index >= 15 is 0 Å². The van der Waals surface area contributed by atoms with Gasteiger partial charge in [-0.05, 0) is 36.5 Å². The van der Waals surface area contributed by atoms with Crippen LogP contribution in [-0.4, -0.2) is 41.5 Å². The molecule has 4 rings (SSSR count). The summed E-state index contributed by atoms with van der Waals surface area (Å²) in [5.74, 6) is -0.902. The number of halogens is 1. The molecule has 4 atom stereocenters. The summed E-state index contributed by atoms with van der Waals surface area (Å²) in [5, 5.41) is 10.4. The quantitative estimate of drug-likeness (QED) is 0.763. The van der Waals surface area contributed by atoms with E-state index in [1.165, 1.54) is 0 Å². The Kier molecular flexibility index (Phi) is 4.22. The lowest BCUT2D eigenvalue weighted by molar-refractivity contribution is -0.149. The highest BCUT2D eigenvalue weighted by Crippen LogP contribution is 2.49. The highest BCUT2D eigenvalue weighted by atomic mass is 35.5. The minimum atomic E-state index is -0.751. The van der Waals surface area contributed by atoms with E-state index in [9.17, 15) is 14.7 Å². The number of nitrogens with zero attached hydrogens (tertiary/aromatic N) is 1. The molecule has 3 fully saturated rings. The minimum absolute atomic E-state index is 0.0255. The van der Waals surface area contributed by atoms with Crippen molar-refractivity contribution in [1.82, 2.24) is 15.8 Å². The molecule has 1 aromatic carbocycles. The Morgan fingerprint density at radius 3 is 2.92 bits per heavy atom. The molecule has 0 radical (unpaired) electrons. The number of carbonyl (C=O) groups is 2. The number of likely N-dealkylation sites (tertiary alicyclic amines) is 1. The van der Waals surface area contributed by atoms with Gasteiger partial charge in [-0.15, -0.1) is 0 Å². The molecule has 2 heterocycles. The Bertz CT molecular complexity index is 713. The summed E-state index contributed by atoms with van der Waals surface area (Å²) in [4.78, 5) is 26.7. The van der Waals surface area contributed by atoms with Crippen LogP contribution >= 0.6 is 11.6 Å². The van der Waals surface area contributed by atoms with Crippen LogP contribution in [0.3, 0.4) is 0 Å². The number of fused-ring (bicyclic) bond motifs is 1. The topological polar surface area (TPSA) is 81.7 Å². The van der Waals surface area contributed by atoms with Gasteiger partial charge in [0.15, 0.2) is 0 Å². The van der Waals surface area contributed by atoms with Crippen LogP contribution in [-0.2, 0) is 9.59 Å². The van der Waals surface area contributed by atoms with Gasteiger partial charge in [-0.3, -0.25) is 15.0 Å². The molecular weight excluding hydrogens is 342 g/mol. The van der Waals surface area contributed by atoms with E-state index < -0.39 is 11.4 Å². The van der Waals surface area contributed by atoms with Crippen molar-refractivity contribution in [3.05, 3.63) is 34.9 Å². The number of carboxylic acid groups (broad SMARTS) is 1. The number of aliphatic carboxylic acids is 1. The molecule has 2 aliphatic heterocycles. The van der Waals surface area contributed by atoms with Crippen molar-refractivity contribution in [2.45, 2.75) is 25.3 Å². The van der Waals surface area contributed by atoms with Crippen molar-refractivity contribution < 1.29 is 14.7 Å². The zero-order valence-electron chi connectivity index (χ0n) is 13.9. The first-order chi connectivity index (χ1) is 12.0. The number of hydrogen-bond donors (Lipinski definition) is 3. The smallest absolute Gasteiger partial charge is 0.311 e. The van der Waals surface area contributed by atoms with Crippen molar-refractivity contribution in [1.29, 1.82) is 0 Å². The number of benzene rings is 1. The Hall–Kier alpha value is -1.63. The Labute approximate surface area is 151 Å². The number of rotatable bonds is 3.